The van der Waals surface area contributed by atoms with Crippen molar-refractivity contribution in [2.24, 2.45) is 11.8 Å². The Morgan fingerprint density at radius 3 is 1.39 bits per heavy atom. The van der Waals surface area contributed by atoms with Gasteiger partial charge in [-0.1, -0.05) is 48.5 Å². The number of carbonyl (C=O) groups is 2. The number of carboxylic acid groups (broad SMARTS) is 1. The van der Waals surface area contributed by atoms with Crippen LogP contribution in [0.2, 0.25) is 0 Å². The van der Waals surface area contributed by atoms with Crippen LogP contribution in [0.4, 0.5) is 22.7 Å². The summed E-state index contributed by atoms with van der Waals surface area (Å²) in [7, 11) is 1.44. The zero-order chi connectivity index (χ0) is 53.2. The third kappa shape index (κ3) is 11.5. The summed E-state index contributed by atoms with van der Waals surface area (Å²) in [6.07, 6.45) is 6.28. The predicted octanol–water partition coefficient (Wildman–Crippen LogP) is 10.2. The number of imidazole rings is 2. The molecule has 0 amide bonds. The Bertz CT molecular complexity index is 3910. The topological polar surface area (TPSA) is 243 Å². The van der Waals surface area contributed by atoms with E-state index in [2.05, 4.69) is 56.4 Å². The number of piperidine rings is 2. The van der Waals surface area contributed by atoms with Gasteiger partial charge in [-0.25, -0.2) is 9.97 Å². The van der Waals surface area contributed by atoms with Crippen molar-refractivity contribution in [3.63, 3.8) is 0 Å². The number of pyridine rings is 4. The first-order valence-electron chi connectivity index (χ1n) is 26.0. The summed E-state index contributed by atoms with van der Waals surface area (Å²) in [6, 6.07) is 38.7. The minimum Gasteiger partial charge on any atom is -0.481 e. The van der Waals surface area contributed by atoms with Crippen LogP contribution >= 0.6 is 27.0 Å². The van der Waals surface area contributed by atoms with Gasteiger partial charge in [0, 0.05) is 60.7 Å². The van der Waals surface area contributed by atoms with E-state index >= 15 is 0 Å². The molecule has 12 rings (SSSR count). The molecular weight excluding hydrogens is 1040 g/mol. The minimum absolute atomic E-state index is 0. The number of H-pyrrole nitrogens is 4. The number of nitrogens with one attached hydrogen (secondary N) is 6. The fourth-order valence-corrected chi connectivity index (χ4v) is 10.6. The highest BCUT2D eigenvalue weighted by atomic mass is 32.1. The first-order chi connectivity index (χ1) is 37.5. The van der Waals surface area contributed by atoms with Crippen molar-refractivity contribution in [2.75, 3.05) is 53.7 Å². The van der Waals surface area contributed by atoms with Crippen LogP contribution in [0.15, 0.2) is 143 Å². The van der Waals surface area contributed by atoms with E-state index < -0.39 is 5.97 Å². The standard InChI is InChI=1S/C30H30N6O3.C29H28N6O3.2H2S/c1-18(22-8-5-6-14-31-22)32-27-21-7-3-4-9-23(21)35-29(37)26(27)28-33-24-11-10-20(17-25(24)34-28)36-15-12-19(13-16-36)30(38)39-2;1-17(21-7-4-5-13-30-21)31-26-20-6-2-3-8-22(20)34-28(36)25(26)27-32-23-10-9-19(16-24(23)33-27)35-14-11-18(12-15-35)29(37)38;;/h3-11,14,17-19H,12-13,15-16H2,1-2H3,(H,33,34)(H2,32,35,37);2-10,13,16-18H,11-12,14-15H2,1H3,(H,32,33)(H,37,38)(H2,31,34,36);2*1H2/t18-;17-;;/m00../s1. The van der Waals surface area contributed by atoms with E-state index in [-0.39, 0.29) is 68.0 Å². The van der Waals surface area contributed by atoms with E-state index in [0.717, 1.165) is 92.6 Å². The van der Waals surface area contributed by atoms with E-state index in [1.165, 1.54) is 7.11 Å². The molecule has 2 saturated heterocycles. The van der Waals surface area contributed by atoms with Gasteiger partial charge in [-0.15, -0.1) is 0 Å². The van der Waals surface area contributed by atoms with Gasteiger partial charge in [-0.05, 0) is 112 Å². The van der Waals surface area contributed by atoms with Crippen molar-refractivity contribution < 1.29 is 19.4 Å². The molecular formula is C59H62N12O6S2. The van der Waals surface area contributed by atoms with Crippen molar-refractivity contribution in [3.05, 3.63) is 166 Å². The van der Waals surface area contributed by atoms with Gasteiger partial charge in [-0.3, -0.25) is 29.1 Å². The molecule has 0 spiro atoms. The first kappa shape index (κ1) is 55.1. The van der Waals surface area contributed by atoms with Gasteiger partial charge >= 0.3 is 11.9 Å². The molecule has 4 aromatic carbocycles. The van der Waals surface area contributed by atoms with E-state index in [9.17, 15) is 24.3 Å². The van der Waals surface area contributed by atoms with E-state index in [1.807, 2.05) is 129 Å². The maximum Gasteiger partial charge on any atom is 0.308 e. The number of rotatable bonds is 12. The van der Waals surface area contributed by atoms with Crippen molar-refractivity contribution in [3.8, 4) is 22.8 Å². The second-order valence-electron chi connectivity index (χ2n) is 19.7. The summed E-state index contributed by atoms with van der Waals surface area (Å²) in [5.74, 6) is -0.217. The van der Waals surface area contributed by atoms with Crippen molar-refractivity contribution in [1.82, 2.24) is 39.9 Å². The third-order valence-electron chi connectivity index (χ3n) is 14.8. The van der Waals surface area contributed by atoms with Crippen molar-refractivity contribution in [1.29, 1.82) is 0 Å². The first-order valence-corrected chi connectivity index (χ1v) is 26.0. The van der Waals surface area contributed by atoms with E-state index in [0.29, 0.717) is 60.1 Å². The molecule has 406 valence electrons. The van der Waals surface area contributed by atoms with Gasteiger partial charge in [0.05, 0.1) is 86.9 Å². The highest BCUT2D eigenvalue weighted by Crippen LogP contribution is 2.37. The summed E-state index contributed by atoms with van der Waals surface area (Å²) in [5.41, 5.74) is 10.3. The van der Waals surface area contributed by atoms with Gasteiger partial charge in [0.1, 0.15) is 22.8 Å². The van der Waals surface area contributed by atoms with Gasteiger partial charge in [0.2, 0.25) is 0 Å². The Kier molecular flexibility index (Phi) is 16.7. The summed E-state index contributed by atoms with van der Waals surface area (Å²) >= 11 is 0. The quantitative estimate of drug-likeness (QED) is 0.0563. The molecule has 2 aliphatic rings. The van der Waals surface area contributed by atoms with Gasteiger partial charge in [0.15, 0.2) is 0 Å². The zero-order valence-electron chi connectivity index (χ0n) is 43.8. The number of carboxylic acids is 1. The van der Waals surface area contributed by atoms with Gasteiger partial charge in [0.25, 0.3) is 11.1 Å². The lowest BCUT2D eigenvalue weighted by Gasteiger charge is -2.32. The Hall–Kier alpha value is -8.62. The summed E-state index contributed by atoms with van der Waals surface area (Å²) < 4.78 is 4.92. The molecule has 2 aliphatic heterocycles. The molecule has 2 atom stereocenters. The summed E-state index contributed by atoms with van der Waals surface area (Å²) in [6.45, 7) is 6.96. The lowest BCUT2D eigenvalue weighted by Crippen LogP contribution is -2.36. The zero-order valence-corrected chi connectivity index (χ0v) is 45.8. The average Bonchev–Trinajstić information content (AvgIpc) is 4.23. The molecule has 8 heterocycles. The molecule has 18 nitrogen and oxygen atoms in total. The van der Waals surface area contributed by atoms with Gasteiger partial charge < -0.3 is 50.2 Å². The lowest BCUT2D eigenvalue weighted by atomic mass is 9.96. The predicted molar refractivity (Wildman–Crippen MR) is 322 cm³/mol. The number of anilines is 4. The minimum atomic E-state index is -0.722. The van der Waals surface area contributed by atoms with Crippen LogP contribution in [0, 0.1) is 11.8 Å². The third-order valence-corrected chi connectivity index (χ3v) is 14.8. The maximum atomic E-state index is 13.5. The van der Waals surface area contributed by atoms with Crippen LogP contribution < -0.4 is 31.6 Å². The lowest BCUT2D eigenvalue weighted by molar-refractivity contribution is -0.146. The Balaban J connectivity index is 0.000000187. The molecule has 6 aromatic heterocycles. The molecule has 0 aliphatic carbocycles. The fraction of sp³-hybridized carbons (Fsp3) is 0.254. The molecule has 0 bridgehead atoms. The van der Waals surface area contributed by atoms with E-state index in [4.69, 9.17) is 14.7 Å². The molecule has 2 fully saturated rings. The molecule has 10 aromatic rings. The largest absolute Gasteiger partial charge is 0.481 e. The molecule has 0 unspecified atom stereocenters. The maximum absolute atomic E-state index is 13.5. The molecule has 0 radical (unpaired) electrons. The number of para-hydroxylation sites is 2. The second kappa shape index (κ2) is 24.0. The monoisotopic (exact) mass is 1100 g/mol. The number of fused-ring (bicyclic) bond motifs is 4. The highest BCUT2D eigenvalue weighted by Gasteiger charge is 2.28. The summed E-state index contributed by atoms with van der Waals surface area (Å²) in [4.78, 5) is 85.9. The molecule has 79 heavy (non-hydrogen) atoms. The number of aromatic nitrogens is 8. The number of benzene rings is 4. The molecule has 7 N–H and O–H groups in total. The van der Waals surface area contributed by atoms with E-state index in [1.54, 1.807) is 12.4 Å². The fourth-order valence-electron chi connectivity index (χ4n) is 10.6. The number of carbonyl (C=O) groups excluding carboxylic acids is 1. The van der Waals surface area contributed by atoms with Crippen LogP contribution in [0.5, 0.6) is 0 Å². The normalized spacial score (nSPS) is 14.7. The smallest absolute Gasteiger partial charge is 0.308 e. The number of nitrogens with zero attached hydrogens (tertiary/aromatic N) is 6. The Morgan fingerprint density at radius 1 is 0.570 bits per heavy atom. The SMILES string of the molecule is COC(=O)C1CCN(c2ccc3nc(-c4c(N[C@@H](C)c5ccccn5)c5ccccc5[nH]c4=O)[nH]c3c2)CC1.C[C@H](Nc1c(-c2nc3ccc(N4CCC(C(=O)O)CC4)cc3[nH]2)c(=O)[nH]c2ccccc12)c1ccccn1.S.S. The number of aliphatic carboxylic acids is 1. The highest BCUT2D eigenvalue weighted by molar-refractivity contribution is 7.59. The van der Waals surface area contributed by atoms with Crippen LogP contribution in [-0.4, -0.2) is 90.2 Å². The Morgan fingerprint density at radius 2 is 0.987 bits per heavy atom. The number of esters is 1. The number of hydrogen-bond acceptors (Lipinski definition) is 13. The Labute approximate surface area is 468 Å². The van der Waals surface area contributed by atoms with Crippen LogP contribution in [0.1, 0.15) is 63.0 Å². The van der Waals surface area contributed by atoms with Crippen LogP contribution in [0.25, 0.3) is 66.6 Å². The van der Waals surface area contributed by atoms with Crippen LogP contribution in [0.3, 0.4) is 0 Å². The summed E-state index contributed by atoms with van der Waals surface area (Å²) in [5, 5.41) is 18.2. The number of hydrogen-bond donors (Lipinski definition) is 7. The number of aromatic amines is 4. The average molecular weight is 1100 g/mol. The van der Waals surface area contributed by atoms with Gasteiger partial charge in [-0.2, -0.15) is 27.0 Å². The van der Waals surface area contributed by atoms with Crippen molar-refractivity contribution >= 4 is 106 Å². The molecule has 20 heteroatoms. The molecule has 0 saturated carbocycles. The number of ether oxygens (including phenoxy) is 1. The number of methoxy groups -OCH3 is 1. The van der Waals surface area contributed by atoms with Crippen LogP contribution in [-0.2, 0) is 14.3 Å². The second-order valence-corrected chi connectivity index (χ2v) is 19.7. The van der Waals surface area contributed by atoms with Crippen molar-refractivity contribution in [2.45, 2.75) is 51.6 Å².